The highest BCUT2D eigenvalue weighted by molar-refractivity contribution is 6.05. The van der Waals surface area contributed by atoms with E-state index in [0.29, 0.717) is 42.6 Å². The van der Waals surface area contributed by atoms with E-state index < -0.39 is 0 Å². The number of rotatable bonds is 3. The van der Waals surface area contributed by atoms with Gasteiger partial charge in [-0.3, -0.25) is 9.59 Å². The Hall–Kier alpha value is -3.23. The average molecular weight is 393 g/mol. The smallest absolute Gasteiger partial charge is 0.292 e. The minimum absolute atomic E-state index is 0.0535. The van der Waals surface area contributed by atoms with Crippen LogP contribution in [0.4, 0.5) is 0 Å². The molecule has 1 atom stereocenters. The van der Waals surface area contributed by atoms with Crippen LogP contribution in [0.5, 0.6) is 0 Å². The van der Waals surface area contributed by atoms with Gasteiger partial charge in [-0.1, -0.05) is 6.07 Å². The summed E-state index contributed by atoms with van der Waals surface area (Å²) in [5.74, 6) is 1.01. The number of aryl methyl sites for hydroxylation is 1. The van der Waals surface area contributed by atoms with Crippen LogP contribution in [0.3, 0.4) is 0 Å². The molecule has 29 heavy (non-hydrogen) atoms. The van der Waals surface area contributed by atoms with Gasteiger partial charge in [0.2, 0.25) is 5.82 Å². The molecule has 0 unspecified atom stereocenters. The van der Waals surface area contributed by atoms with Gasteiger partial charge in [0, 0.05) is 31.7 Å². The lowest BCUT2D eigenvalue weighted by molar-refractivity contribution is 0.0404. The zero-order valence-electron chi connectivity index (χ0n) is 16.5. The summed E-state index contributed by atoms with van der Waals surface area (Å²) in [6.45, 7) is 5.27. The summed E-state index contributed by atoms with van der Waals surface area (Å²) in [5, 5.41) is 7.98. The summed E-state index contributed by atoms with van der Waals surface area (Å²) in [6.07, 6.45) is 3.77. The normalized spacial score (nSPS) is 19.7. The van der Waals surface area contributed by atoms with Crippen LogP contribution in [-0.4, -0.2) is 72.0 Å². The number of nitrogens with one attached hydrogen (secondary N) is 1. The molecule has 1 aliphatic heterocycles. The largest absolute Gasteiger partial charge is 0.342 e. The highest BCUT2D eigenvalue weighted by atomic mass is 16.2. The van der Waals surface area contributed by atoms with Crippen molar-refractivity contribution >= 4 is 22.8 Å². The van der Waals surface area contributed by atoms with Crippen molar-refractivity contribution < 1.29 is 9.59 Å². The first kappa shape index (κ1) is 17.8. The van der Waals surface area contributed by atoms with Gasteiger partial charge in [-0.15, -0.1) is 10.2 Å². The second-order valence-corrected chi connectivity index (χ2v) is 7.92. The number of para-hydroxylation sites is 1. The fourth-order valence-electron chi connectivity index (χ4n) is 4.09. The lowest BCUT2D eigenvalue weighted by atomic mass is 10.1. The molecule has 1 aliphatic carbocycles. The van der Waals surface area contributed by atoms with Gasteiger partial charge in [-0.05, 0) is 38.8 Å². The molecule has 0 spiro atoms. The second kappa shape index (κ2) is 6.68. The van der Waals surface area contributed by atoms with Crippen molar-refractivity contribution in [3.05, 3.63) is 41.7 Å². The number of H-pyrrole nitrogens is 1. The Morgan fingerprint density at radius 1 is 1.17 bits per heavy atom. The Labute approximate surface area is 167 Å². The predicted molar refractivity (Wildman–Crippen MR) is 106 cm³/mol. The van der Waals surface area contributed by atoms with E-state index in [1.165, 1.54) is 0 Å². The maximum atomic E-state index is 13.2. The number of fused-ring (bicyclic) bond motifs is 1. The maximum Gasteiger partial charge on any atom is 0.292 e. The zero-order valence-corrected chi connectivity index (χ0v) is 16.5. The number of amides is 2. The summed E-state index contributed by atoms with van der Waals surface area (Å²) in [5.41, 5.74) is 2.14. The third-order valence-electron chi connectivity index (χ3n) is 5.74. The topological polar surface area (TPSA) is 100 Å². The SMILES string of the molecule is Cc1nc2c(C(=O)N3CCN(C(=O)c4nncn4C4CC4)[C@@H](C)C3)cccc2[nH]1. The summed E-state index contributed by atoms with van der Waals surface area (Å²) in [4.78, 5) is 37.4. The fraction of sp³-hybridized carbons (Fsp3) is 0.450. The van der Waals surface area contributed by atoms with Crippen LogP contribution in [0.25, 0.3) is 11.0 Å². The Morgan fingerprint density at radius 3 is 2.76 bits per heavy atom. The van der Waals surface area contributed by atoms with Gasteiger partial charge in [0.25, 0.3) is 11.8 Å². The lowest BCUT2D eigenvalue weighted by Crippen LogP contribution is -2.55. The standard InChI is InChI=1S/C20H23N7O2/c1-12-10-25(19(28)15-4-3-5-16-17(15)23-13(2)22-16)8-9-26(12)20(29)18-24-21-11-27(18)14-6-7-14/h3-5,11-12,14H,6-10H2,1-2H3,(H,22,23)/t12-/m0/s1. The molecule has 0 bridgehead atoms. The van der Waals surface area contributed by atoms with E-state index >= 15 is 0 Å². The lowest BCUT2D eigenvalue weighted by Gasteiger charge is -2.39. The van der Waals surface area contributed by atoms with Gasteiger partial charge in [0.15, 0.2) is 0 Å². The Balaban J connectivity index is 1.33. The quantitative estimate of drug-likeness (QED) is 0.731. The van der Waals surface area contributed by atoms with E-state index in [2.05, 4.69) is 20.2 Å². The van der Waals surface area contributed by atoms with E-state index in [4.69, 9.17) is 0 Å². The van der Waals surface area contributed by atoms with Crippen LogP contribution in [-0.2, 0) is 0 Å². The van der Waals surface area contributed by atoms with Crippen molar-refractivity contribution in [2.45, 2.75) is 38.8 Å². The third-order valence-corrected chi connectivity index (χ3v) is 5.74. The van der Waals surface area contributed by atoms with E-state index in [9.17, 15) is 9.59 Å². The molecule has 2 amide bonds. The number of hydrogen-bond donors (Lipinski definition) is 1. The average Bonchev–Trinajstić information content (AvgIpc) is 3.30. The molecule has 9 nitrogen and oxygen atoms in total. The predicted octanol–water partition coefficient (Wildman–Crippen LogP) is 1.78. The first-order valence-corrected chi connectivity index (χ1v) is 9.98. The zero-order chi connectivity index (χ0) is 20.1. The minimum Gasteiger partial charge on any atom is -0.342 e. The number of aromatic nitrogens is 5. The van der Waals surface area contributed by atoms with Gasteiger partial charge >= 0.3 is 0 Å². The molecular weight excluding hydrogens is 370 g/mol. The molecule has 150 valence electrons. The van der Waals surface area contributed by atoms with E-state index in [0.717, 1.165) is 24.2 Å². The molecular formula is C20H23N7O2. The molecule has 1 saturated heterocycles. The Morgan fingerprint density at radius 2 is 2.00 bits per heavy atom. The van der Waals surface area contributed by atoms with Crippen LogP contribution >= 0.6 is 0 Å². The van der Waals surface area contributed by atoms with Gasteiger partial charge in [-0.2, -0.15) is 0 Å². The summed E-state index contributed by atoms with van der Waals surface area (Å²) in [7, 11) is 0. The van der Waals surface area contributed by atoms with Gasteiger partial charge in [-0.25, -0.2) is 4.98 Å². The first-order valence-electron chi connectivity index (χ1n) is 9.98. The monoisotopic (exact) mass is 393 g/mol. The number of carbonyl (C=O) groups excluding carboxylic acids is 2. The second-order valence-electron chi connectivity index (χ2n) is 7.92. The summed E-state index contributed by atoms with van der Waals surface area (Å²) < 4.78 is 1.88. The van der Waals surface area contributed by atoms with Crippen LogP contribution in [0.2, 0.25) is 0 Å². The van der Waals surface area contributed by atoms with Crippen molar-refractivity contribution in [3.63, 3.8) is 0 Å². The Bertz CT molecular complexity index is 1100. The van der Waals surface area contributed by atoms with Crippen molar-refractivity contribution in [2.24, 2.45) is 0 Å². The van der Waals surface area contributed by atoms with E-state index in [1.807, 2.05) is 36.6 Å². The number of imidazole rings is 1. The molecule has 9 heteroatoms. The highest BCUT2D eigenvalue weighted by Crippen LogP contribution is 2.35. The van der Waals surface area contributed by atoms with Crippen LogP contribution in [0.1, 0.15) is 52.6 Å². The molecule has 3 heterocycles. The van der Waals surface area contributed by atoms with E-state index in [1.54, 1.807) is 16.1 Å². The highest BCUT2D eigenvalue weighted by Gasteiger charge is 2.35. The first-order chi connectivity index (χ1) is 14.0. The number of piperazine rings is 1. The Kier molecular flexibility index (Phi) is 4.11. The number of carbonyl (C=O) groups is 2. The molecule has 2 fully saturated rings. The summed E-state index contributed by atoms with van der Waals surface area (Å²) in [6, 6.07) is 5.83. The molecule has 3 aromatic rings. The van der Waals surface area contributed by atoms with Crippen LogP contribution in [0.15, 0.2) is 24.5 Å². The van der Waals surface area contributed by atoms with Crippen molar-refractivity contribution in [3.8, 4) is 0 Å². The van der Waals surface area contributed by atoms with Crippen molar-refractivity contribution in [1.29, 1.82) is 0 Å². The van der Waals surface area contributed by atoms with Gasteiger partial charge in [0.1, 0.15) is 17.7 Å². The number of hydrogen-bond acceptors (Lipinski definition) is 5. The third kappa shape index (κ3) is 3.06. The maximum absolute atomic E-state index is 13.2. The summed E-state index contributed by atoms with van der Waals surface area (Å²) >= 11 is 0. The number of benzene rings is 1. The van der Waals surface area contributed by atoms with E-state index in [-0.39, 0.29) is 17.9 Å². The van der Waals surface area contributed by atoms with Crippen LogP contribution < -0.4 is 0 Å². The molecule has 5 rings (SSSR count). The van der Waals surface area contributed by atoms with Gasteiger partial charge < -0.3 is 19.4 Å². The number of aromatic amines is 1. The molecule has 1 aromatic carbocycles. The molecule has 1 N–H and O–H groups in total. The molecule has 2 aromatic heterocycles. The van der Waals surface area contributed by atoms with Crippen molar-refractivity contribution in [1.82, 2.24) is 34.5 Å². The number of nitrogens with zero attached hydrogens (tertiary/aromatic N) is 6. The van der Waals surface area contributed by atoms with Gasteiger partial charge in [0.05, 0.1) is 11.1 Å². The van der Waals surface area contributed by atoms with Crippen molar-refractivity contribution in [2.75, 3.05) is 19.6 Å². The van der Waals surface area contributed by atoms with Crippen LogP contribution in [0, 0.1) is 6.92 Å². The molecule has 2 aliphatic rings. The fourth-order valence-corrected chi connectivity index (χ4v) is 4.09. The minimum atomic E-state index is -0.112. The molecule has 0 radical (unpaired) electrons. The molecule has 1 saturated carbocycles.